The van der Waals surface area contributed by atoms with Crippen molar-refractivity contribution in [2.75, 3.05) is 39.3 Å². The second-order valence-corrected chi connectivity index (χ2v) is 7.09. The highest BCUT2D eigenvalue weighted by Crippen LogP contribution is 2.34. The predicted octanol–water partition coefficient (Wildman–Crippen LogP) is 2.18. The van der Waals surface area contributed by atoms with Crippen LogP contribution >= 0.6 is 11.3 Å². The summed E-state index contributed by atoms with van der Waals surface area (Å²) in [6, 6.07) is 0.964. The highest BCUT2D eigenvalue weighted by Gasteiger charge is 2.35. The maximum absolute atomic E-state index is 4.89. The van der Waals surface area contributed by atoms with Gasteiger partial charge in [-0.2, -0.15) is 0 Å². The van der Waals surface area contributed by atoms with Crippen LogP contribution in [0.2, 0.25) is 0 Å². The van der Waals surface area contributed by atoms with Crippen molar-refractivity contribution in [1.29, 1.82) is 0 Å². The minimum absolute atomic E-state index is 0.428. The number of hydrogen-bond donors (Lipinski definition) is 1. The van der Waals surface area contributed by atoms with E-state index < -0.39 is 0 Å². The molecular formula is C15H26N4S. The van der Waals surface area contributed by atoms with Crippen molar-refractivity contribution in [3.05, 3.63) is 15.6 Å². The Morgan fingerprint density at radius 2 is 2.10 bits per heavy atom. The first-order valence-corrected chi connectivity index (χ1v) is 8.67. The average molecular weight is 294 g/mol. The van der Waals surface area contributed by atoms with Crippen LogP contribution in [0.4, 0.5) is 0 Å². The standard InChI is InChI=1S/C15H26N4S/c1-4-5-16-11(2)14-12(3)17-15(20-14)13-10-18-6-8-19(13)9-7-18/h11,13,16H,4-10H2,1-3H3. The van der Waals surface area contributed by atoms with Gasteiger partial charge in [0.25, 0.3) is 0 Å². The minimum Gasteiger partial charge on any atom is -0.309 e. The molecule has 112 valence electrons. The SMILES string of the molecule is CCCNC(C)c1sc(C2CN3CCN2CC3)nc1C. The van der Waals surface area contributed by atoms with E-state index in [1.54, 1.807) is 0 Å². The zero-order chi connectivity index (χ0) is 14.1. The molecule has 3 fully saturated rings. The number of thiazole rings is 1. The molecule has 2 unspecified atom stereocenters. The number of piperazine rings is 3. The molecule has 4 rings (SSSR count). The lowest BCUT2D eigenvalue weighted by atomic mass is 10.1. The van der Waals surface area contributed by atoms with Crippen LogP contribution in [-0.2, 0) is 0 Å². The molecule has 0 radical (unpaired) electrons. The summed E-state index contributed by atoms with van der Waals surface area (Å²) in [7, 11) is 0. The summed E-state index contributed by atoms with van der Waals surface area (Å²) in [5.41, 5.74) is 1.22. The van der Waals surface area contributed by atoms with E-state index in [1.807, 2.05) is 11.3 Å². The molecule has 3 aliphatic rings. The van der Waals surface area contributed by atoms with Crippen molar-refractivity contribution in [2.24, 2.45) is 0 Å². The van der Waals surface area contributed by atoms with E-state index in [9.17, 15) is 0 Å². The normalized spacial score (nSPS) is 30.6. The van der Waals surface area contributed by atoms with Crippen LogP contribution in [0.25, 0.3) is 0 Å². The Labute approximate surface area is 126 Å². The van der Waals surface area contributed by atoms with E-state index in [0.29, 0.717) is 12.1 Å². The van der Waals surface area contributed by atoms with Crippen molar-refractivity contribution in [2.45, 2.75) is 39.3 Å². The lowest BCUT2D eigenvalue weighted by Crippen LogP contribution is -2.56. The quantitative estimate of drug-likeness (QED) is 0.902. The smallest absolute Gasteiger partial charge is 0.112 e. The van der Waals surface area contributed by atoms with Gasteiger partial charge in [-0.1, -0.05) is 6.92 Å². The topological polar surface area (TPSA) is 31.4 Å². The van der Waals surface area contributed by atoms with Gasteiger partial charge in [-0.25, -0.2) is 4.98 Å². The lowest BCUT2D eigenvalue weighted by molar-refractivity contribution is 0.0122. The van der Waals surface area contributed by atoms with Crippen molar-refractivity contribution in [3.8, 4) is 0 Å². The van der Waals surface area contributed by atoms with Gasteiger partial charge in [-0.05, 0) is 26.8 Å². The van der Waals surface area contributed by atoms with E-state index >= 15 is 0 Å². The summed E-state index contributed by atoms with van der Waals surface area (Å²) in [5, 5.41) is 4.91. The highest BCUT2D eigenvalue weighted by atomic mass is 32.1. The Hall–Kier alpha value is -0.490. The van der Waals surface area contributed by atoms with Gasteiger partial charge in [0.2, 0.25) is 0 Å². The van der Waals surface area contributed by atoms with Gasteiger partial charge in [0.1, 0.15) is 5.01 Å². The fourth-order valence-corrected chi connectivity index (χ4v) is 4.50. The Morgan fingerprint density at radius 3 is 2.70 bits per heavy atom. The third-order valence-electron chi connectivity index (χ3n) is 4.51. The van der Waals surface area contributed by atoms with Crippen molar-refractivity contribution in [3.63, 3.8) is 0 Å². The molecule has 5 heteroatoms. The summed E-state index contributed by atoms with van der Waals surface area (Å²) in [5.74, 6) is 0. The molecule has 20 heavy (non-hydrogen) atoms. The van der Waals surface area contributed by atoms with Crippen LogP contribution in [0.1, 0.15) is 47.9 Å². The Bertz CT molecular complexity index is 451. The Balaban J connectivity index is 1.75. The van der Waals surface area contributed by atoms with Crippen LogP contribution in [0.15, 0.2) is 0 Å². The molecule has 2 bridgehead atoms. The van der Waals surface area contributed by atoms with Crippen LogP contribution in [-0.4, -0.2) is 54.1 Å². The maximum atomic E-state index is 4.89. The zero-order valence-corrected chi connectivity index (χ0v) is 13.7. The third-order valence-corrected chi connectivity index (χ3v) is 5.95. The minimum atomic E-state index is 0.428. The molecular weight excluding hydrogens is 268 g/mol. The second kappa shape index (κ2) is 6.10. The van der Waals surface area contributed by atoms with Gasteiger partial charge in [-0.15, -0.1) is 11.3 Å². The monoisotopic (exact) mass is 294 g/mol. The molecule has 0 amide bonds. The van der Waals surface area contributed by atoms with E-state index in [4.69, 9.17) is 4.98 Å². The van der Waals surface area contributed by atoms with Gasteiger partial charge < -0.3 is 5.32 Å². The van der Waals surface area contributed by atoms with E-state index in [-0.39, 0.29) is 0 Å². The highest BCUT2D eigenvalue weighted by molar-refractivity contribution is 7.11. The third kappa shape index (κ3) is 2.77. The van der Waals surface area contributed by atoms with Crippen LogP contribution in [0.3, 0.4) is 0 Å². The van der Waals surface area contributed by atoms with Crippen molar-refractivity contribution in [1.82, 2.24) is 20.1 Å². The summed E-state index contributed by atoms with van der Waals surface area (Å²) in [4.78, 5) is 11.5. The van der Waals surface area contributed by atoms with Gasteiger partial charge in [-0.3, -0.25) is 9.80 Å². The fourth-order valence-electron chi connectivity index (χ4n) is 3.28. The molecule has 4 heterocycles. The van der Waals surface area contributed by atoms with Crippen LogP contribution in [0.5, 0.6) is 0 Å². The van der Waals surface area contributed by atoms with Crippen molar-refractivity contribution < 1.29 is 0 Å². The molecule has 3 aliphatic heterocycles. The largest absolute Gasteiger partial charge is 0.309 e. The van der Waals surface area contributed by atoms with Gasteiger partial charge in [0, 0.05) is 43.6 Å². The molecule has 0 aromatic carbocycles. The number of aryl methyl sites for hydroxylation is 1. The summed E-state index contributed by atoms with van der Waals surface area (Å²) in [6.07, 6.45) is 1.18. The number of hydrogen-bond acceptors (Lipinski definition) is 5. The Kier molecular flexibility index (Phi) is 4.40. The number of rotatable bonds is 5. The van der Waals surface area contributed by atoms with Crippen molar-refractivity contribution >= 4 is 11.3 Å². The fraction of sp³-hybridized carbons (Fsp3) is 0.800. The number of nitrogens with zero attached hydrogens (tertiary/aromatic N) is 3. The predicted molar refractivity (Wildman–Crippen MR) is 84.3 cm³/mol. The van der Waals surface area contributed by atoms with Gasteiger partial charge in [0.15, 0.2) is 0 Å². The molecule has 3 saturated heterocycles. The van der Waals surface area contributed by atoms with E-state index in [1.165, 1.54) is 54.7 Å². The summed E-state index contributed by atoms with van der Waals surface area (Å²) >= 11 is 1.92. The lowest BCUT2D eigenvalue weighted by Gasteiger charge is -2.46. The van der Waals surface area contributed by atoms with Crippen LogP contribution < -0.4 is 5.32 Å². The molecule has 0 aliphatic carbocycles. The molecule has 1 aromatic rings. The zero-order valence-electron chi connectivity index (χ0n) is 12.9. The number of nitrogens with one attached hydrogen (secondary N) is 1. The van der Waals surface area contributed by atoms with Gasteiger partial charge in [0.05, 0.1) is 11.7 Å². The first-order chi connectivity index (χ1) is 9.69. The van der Waals surface area contributed by atoms with Gasteiger partial charge >= 0.3 is 0 Å². The molecule has 2 atom stereocenters. The molecule has 0 saturated carbocycles. The van der Waals surface area contributed by atoms with Crippen LogP contribution in [0, 0.1) is 6.92 Å². The number of aromatic nitrogens is 1. The number of fused-ring (bicyclic) bond motifs is 3. The Morgan fingerprint density at radius 1 is 1.35 bits per heavy atom. The first-order valence-electron chi connectivity index (χ1n) is 7.86. The first kappa shape index (κ1) is 14.4. The second-order valence-electron chi connectivity index (χ2n) is 6.03. The maximum Gasteiger partial charge on any atom is 0.112 e. The summed E-state index contributed by atoms with van der Waals surface area (Å²) in [6.45, 7) is 13.8. The molecule has 1 aromatic heterocycles. The van der Waals surface area contributed by atoms with E-state index in [0.717, 1.165) is 6.54 Å². The molecule has 1 N–H and O–H groups in total. The molecule has 0 spiro atoms. The van der Waals surface area contributed by atoms with E-state index in [2.05, 4.69) is 35.9 Å². The summed E-state index contributed by atoms with van der Waals surface area (Å²) < 4.78 is 0. The average Bonchev–Trinajstić information content (AvgIpc) is 2.88. The molecule has 4 nitrogen and oxygen atoms in total.